The number of carbonyl (C=O) groups is 1. The number of fused-ring (bicyclic) bond motifs is 1. The number of rotatable bonds is 5. The van der Waals surface area contributed by atoms with Crippen molar-refractivity contribution in [2.75, 3.05) is 45.1 Å². The summed E-state index contributed by atoms with van der Waals surface area (Å²) >= 11 is 7.51. The van der Waals surface area contributed by atoms with E-state index in [0.29, 0.717) is 42.8 Å². The first-order valence-electron chi connectivity index (χ1n) is 9.50. The Morgan fingerprint density at radius 3 is 2.43 bits per heavy atom. The van der Waals surface area contributed by atoms with Gasteiger partial charge >= 0.3 is 0 Å². The fourth-order valence-electron chi connectivity index (χ4n) is 3.30. The molecule has 2 aromatic rings. The standard InChI is InChI=1S/C20H21ClN2O5S2/c21-16-3-1-2-4-19(16)29-14-20(24)22-7-9-23(10-8-22)30(25,26)15-5-6-17-18(13-15)28-12-11-27-17/h1-6,13H,7-12,14H2. The van der Waals surface area contributed by atoms with Crippen molar-refractivity contribution in [3.8, 4) is 11.5 Å². The minimum atomic E-state index is -3.67. The Morgan fingerprint density at radius 1 is 1.00 bits per heavy atom. The number of hydrogen-bond acceptors (Lipinski definition) is 6. The van der Waals surface area contributed by atoms with Gasteiger partial charge in [0.1, 0.15) is 13.2 Å². The lowest BCUT2D eigenvalue weighted by Gasteiger charge is -2.34. The third kappa shape index (κ3) is 4.54. The summed E-state index contributed by atoms with van der Waals surface area (Å²) in [5.41, 5.74) is 0. The summed E-state index contributed by atoms with van der Waals surface area (Å²) < 4.78 is 38.4. The molecule has 0 atom stereocenters. The minimum Gasteiger partial charge on any atom is -0.486 e. The van der Waals surface area contributed by atoms with E-state index in [1.807, 2.05) is 18.2 Å². The normalized spacial score (nSPS) is 17.0. The molecule has 0 saturated carbocycles. The van der Waals surface area contributed by atoms with Gasteiger partial charge in [0.05, 0.1) is 15.7 Å². The highest BCUT2D eigenvalue weighted by molar-refractivity contribution is 8.00. The molecular weight excluding hydrogens is 448 g/mol. The summed E-state index contributed by atoms with van der Waals surface area (Å²) in [7, 11) is -3.67. The molecular formula is C20H21ClN2O5S2. The first-order chi connectivity index (χ1) is 14.4. The fraction of sp³-hybridized carbons (Fsp3) is 0.350. The Kier molecular flexibility index (Phi) is 6.43. The van der Waals surface area contributed by atoms with Crippen molar-refractivity contribution in [2.24, 2.45) is 0 Å². The Bertz CT molecular complexity index is 1040. The number of sulfonamides is 1. The van der Waals surface area contributed by atoms with E-state index in [-0.39, 0.29) is 29.6 Å². The highest BCUT2D eigenvalue weighted by Gasteiger charge is 2.31. The first kappa shape index (κ1) is 21.3. The molecule has 0 spiro atoms. The van der Waals surface area contributed by atoms with E-state index in [1.165, 1.54) is 28.2 Å². The summed E-state index contributed by atoms with van der Waals surface area (Å²) in [4.78, 5) is 15.2. The zero-order valence-corrected chi connectivity index (χ0v) is 18.5. The Hall–Kier alpha value is -1.94. The van der Waals surface area contributed by atoms with Crippen LogP contribution >= 0.6 is 23.4 Å². The molecule has 0 radical (unpaired) electrons. The minimum absolute atomic E-state index is 0.0312. The molecule has 1 fully saturated rings. The van der Waals surface area contributed by atoms with Gasteiger partial charge in [-0.05, 0) is 24.3 Å². The van der Waals surface area contributed by atoms with E-state index in [2.05, 4.69) is 0 Å². The van der Waals surface area contributed by atoms with Crippen LogP contribution in [-0.2, 0) is 14.8 Å². The second-order valence-corrected chi connectivity index (χ2v) is 10.2. The third-order valence-electron chi connectivity index (χ3n) is 4.93. The van der Waals surface area contributed by atoms with Crippen molar-refractivity contribution in [3.63, 3.8) is 0 Å². The van der Waals surface area contributed by atoms with Gasteiger partial charge in [0.15, 0.2) is 11.5 Å². The van der Waals surface area contributed by atoms with E-state index in [9.17, 15) is 13.2 Å². The van der Waals surface area contributed by atoms with Crippen molar-refractivity contribution < 1.29 is 22.7 Å². The van der Waals surface area contributed by atoms with Crippen LogP contribution in [0.5, 0.6) is 11.5 Å². The number of nitrogens with zero attached hydrogens (tertiary/aromatic N) is 2. The number of hydrogen-bond donors (Lipinski definition) is 0. The quantitative estimate of drug-likeness (QED) is 0.628. The van der Waals surface area contributed by atoms with Gasteiger partial charge in [-0.15, -0.1) is 11.8 Å². The lowest BCUT2D eigenvalue weighted by atomic mass is 10.3. The van der Waals surface area contributed by atoms with Crippen LogP contribution < -0.4 is 9.47 Å². The molecule has 0 N–H and O–H groups in total. The van der Waals surface area contributed by atoms with Gasteiger partial charge in [-0.1, -0.05) is 23.7 Å². The predicted molar refractivity (Wildman–Crippen MR) is 115 cm³/mol. The van der Waals surface area contributed by atoms with Crippen molar-refractivity contribution in [1.29, 1.82) is 0 Å². The van der Waals surface area contributed by atoms with Gasteiger partial charge in [0.2, 0.25) is 15.9 Å². The number of halogens is 1. The Balaban J connectivity index is 1.35. The molecule has 7 nitrogen and oxygen atoms in total. The predicted octanol–water partition coefficient (Wildman–Crippen LogP) is 2.74. The molecule has 2 aromatic carbocycles. The summed E-state index contributed by atoms with van der Waals surface area (Å²) in [5.74, 6) is 1.22. The summed E-state index contributed by atoms with van der Waals surface area (Å²) in [5, 5.41) is 0.616. The lowest BCUT2D eigenvalue weighted by molar-refractivity contribution is -0.129. The van der Waals surface area contributed by atoms with Crippen LogP contribution in [0.1, 0.15) is 0 Å². The van der Waals surface area contributed by atoms with Gasteiger partial charge < -0.3 is 14.4 Å². The maximum atomic E-state index is 13.0. The second-order valence-electron chi connectivity index (χ2n) is 6.81. The molecule has 0 bridgehead atoms. The molecule has 10 heteroatoms. The Morgan fingerprint density at radius 2 is 1.70 bits per heavy atom. The van der Waals surface area contributed by atoms with E-state index in [0.717, 1.165) is 4.90 Å². The highest BCUT2D eigenvalue weighted by Crippen LogP contribution is 2.33. The highest BCUT2D eigenvalue weighted by atomic mass is 35.5. The van der Waals surface area contributed by atoms with E-state index < -0.39 is 10.0 Å². The molecule has 1 amide bonds. The molecule has 0 aliphatic carbocycles. The third-order valence-corrected chi connectivity index (χ3v) is 8.33. The number of piperazine rings is 1. The van der Waals surface area contributed by atoms with E-state index >= 15 is 0 Å². The Labute approximate surface area is 184 Å². The molecule has 2 aliphatic rings. The number of ether oxygens (including phenoxy) is 2. The molecule has 0 unspecified atom stereocenters. The SMILES string of the molecule is O=C(CSc1ccccc1Cl)N1CCN(S(=O)(=O)c2ccc3c(c2)OCCO3)CC1. The summed E-state index contributed by atoms with van der Waals surface area (Å²) in [6, 6.07) is 12.0. The maximum Gasteiger partial charge on any atom is 0.243 e. The summed E-state index contributed by atoms with van der Waals surface area (Å²) in [6.07, 6.45) is 0. The van der Waals surface area contributed by atoms with Crippen molar-refractivity contribution in [1.82, 2.24) is 9.21 Å². The van der Waals surface area contributed by atoms with Gasteiger partial charge in [0, 0.05) is 37.1 Å². The molecule has 1 saturated heterocycles. The molecule has 160 valence electrons. The van der Waals surface area contributed by atoms with Crippen LogP contribution in [0.25, 0.3) is 0 Å². The number of thioether (sulfide) groups is 1. The van der Waals surface area contributed by atoms with Crippen LogP contribution in [0.4, 0.5) is 0 Å². The van der Waals surface area contributed by atoms with Gasteiger partial charge in [0.25, 0.3) is 0 Å². The van der Waals surface area contributed by atoms with Gasteiger partial charge in [-0.2, -0.15) is 4.31 Å². The van der Waals surface area contributed by atoms with Crippen molar-refractivity contribution >= 4 is 39.3 Å². The second kappa shape index (κ2) is 9.05. The molecule has 2 aliphatic heterocycles. The van der Waals surface area contributed by atoms with Crippen LogP contribution in [0.2, 0.25) is 5.02 Å². The molecule has 2 heterocycles. The largest absolute Gasteiger partial charge is 0.486 e. The van der Waals surface area contributed by atoms with Crippen LogP contribution in [0.15, 0.2) is 52.3 Å². The average Bonchev–Trinajstić information content (AvgIpc) is 2.78. The van der Waals surface area contributed by atoms with Crippen LogP contribution in [0, 0.1) is 0 Å². The van der Waals surface area contributed by atoms with E-state index in [4.69, 9.17) is 21.1 Å². The molecule has 30 heavy (non-hydrogen) atoms. The monoisotopic (exact) mass is 468 g/mol. The number of benzene rings is 2. The zero-order chi connectivity index (χ0) is 21.1. The lowest BCUT2D eigenvalue weighted by Crippen LogP contribution is -2.50. The van der Waals surface area contributed by atoms with Gasteiger partial charge in [-0.3, -0.25) is 4.79 Å². The van der Waals surface area contributed by atoms with Crippen molar-refractivity contribution in [3.05, 3.63) is 47.5 Å². The van der Waals surface area contributed by atoms with Gasteiger partial charge in [-0.25, -0.2) is 8.42 Å². The smallest absolute Gasteiger partial charge is 0.243 e. The van der Waals surface area contributed by atoms with E-state index in [1.54, 1.807) is 17.0 Å². The fourth-order valence-corrected chi connectivity index (χ4v) is 5.88. The number of carbonyl (C=O) groups excluding carboxylic acids is 1. The van der Waals surface area contributed by atoms with Crippen LogP contribution in [-0.4, -0.2) is 68.7 Å². The number of amides is 1. The first-order valence-corrected chi connectivity index (χ1v) is 12.3. The topological polar surface area (TPSA) is 76.2 Å². The zero-order valence-electron chi connectivity index (χ0n) is 16.1. The van der Waals surface area contributed by atoms with Crippen LogP contribution in [0.3, 0.4) is 0 Å². The molecule has 0 aromatic heterocycles. The molecule has 4 rings (SSSR count). The van der Waals surface area contributed by atoms with Crippen molar-refractivity contribution in [2.45, 2.75) is 9.79 Å². The summed E-state index contributed by atoms with van der Waals surface area (Å²) in [6.45, 7) is 2.04. The average molecular weight is 469 g/mol. The maximum absolute atomic E-state index is 13.0.